The highest BCUT2D eigenvalue weighted by atomic mass is 35.5. The van der Waals surface area contributed by atoms with E-state index in [1.165, 1.54) is 6.07 Å². The standard InChI is InChI=1S/C17H21FN2O2.ClH/c18-12-3-1-4-13-15(12)17(7-2-8-17)10-20(13)16(21)14-6-5-11(9-19)22-14;/h1,3-4,11,14H,2,5-10,19H2;1H/t11-,14+;/m1./s1. The Morgan fingerprint density at radius 1 is 1.39 bits per heavy atom. The lowest BCUT2D eigenvalue weighted by Gasteiger charge is -2.39. The molecule has 1 saturated heterocycles. The third-order valence-corrected chi connectivity index (χ3v) is 5.50. The van der Waals surface area contributed by atoms with Gasteiger partial charge in [-0.15, -0.1) is 12.4 Å². The molecule has 2 atom stereocenters. The first-order chi connectivity index (χ1) is 10.6. The third kappa shape index (κ3) is 2.46. The maximum Gasteiger partial charge on any atom is 0.256 e. The number of benzene rings is 1. The maximum absolute atomic E-state index is 14.4. The van der Waals surface area contributed by atoms with Crippen molar-refractivity contribution in [1.82, 2.24) is 0 Å². The van der Waals surface area contributed by atoms with Gasteiger partial charge in [0, 0.05) is 24.1 Å². The van der Waals surface area contributed by atoms with Crippen molar-refractivity contribution in [3.8, 4) is 0 Å². The zero-order valence-electron chi connectivity index (χ0n) is 13.0. The quantitative estimate of drug-likeness (QED) is 0.900. The summed E-state index contributed by atoms with van der Waals surface area (Å²) in [7, 11) is 0. The lowest BCUT2D eigenvalue weighted by atomic mass is 9.65. The van der Waals surface area contributed by atoms with E-state index >= 15 is 0 Å². The number of anilines is 1. The third-order valence-electron chi connectivity index (χ3n) is 5.50. The van der Waals surface area contributed by atoms with Gasteiger partial charge in [-0.3, -0.25) is 4.79 Å². The molecule has 1 aromatic carbocycles. The van der Waals surface area contributed by atoms with E-state index in [0.29, 0.717) is 19.5 Å². The van der Waals surface area contributed by atoms with Crippen molar-refractivity contribution in [2.45, 2.75) is 49.7 Å². The zero-order valence-corrected chi connectivity index (χ0v) is 13.8. The zero-order chi connectivity index (χ0) is 15.3. The summed E-state index contributed by atoms with van der Waals surface area (Å²) in [6, 6.07) is 5.05. The van der Waals surface area contributed by atoms with Crippen LogP contribution in [0.3, 0.4) is 0 Å². The van der Waals surface area contributed by atoms with Gasteiger partial charge in [0.1, 0.15) is 11.9 Å². The molecule has 4 rings (SSSR count). The molecule has 1 aliphatic carbocycles. The highest BCUT2D eigenvalue weighted by molar-refractivity contribution is 5.99. The van der Waals surface area contributed by atoms with Crippen molar-refractivity contribution >= 4 is 24.0 Å². The van der Waals surface area contributed by atoms with Crippen LogP contribution >= 0.6 is 12.4 Å². The SMILES string of the molecule is Cl.NC[C@H]1CC[C@@H](C(=O)N2CC3(CCC3)c3c(F)cccc32)O1. The predicted molar refractivity (Wildman–Crippen MR) is 88.5 cm³/mol. The number of carbonyl (C=O) groups excluding carboxylic acids is 1. The van der Waals surface area contributed by atoms with Crippen molar-refractivity contribution in [3.63, 3.8) is 0 Å². The Bertz CT molecular complexity index is 621. The van der Waals surface area contributed by atoms with Gasteiger partial charge >= 0.3 is 0 Å². The van der Waals surface area contributed by atoms with Crippen LogP contribution in [-0.2, 0) is 14.9 Å². The first kappa shape index (κ1) is 16.7. The van der Waals surface area contributed by atoms with Crippen LogP contribution in [-0.4, -0.2) is 31.2 Å². The topological polar surface area (TPSA) is 55.6 Å². The molecule has 4 nitrogen and oxygen atoms in total. The van der Waals surface area contributed by atoms with Gasteiger partial charge < -0.3 is 15.4 Å². The van der Waals surface area contributed by atoms with E-state index in [1.54, 1.807) is 11.0 Å². The molecule has 126 valence electrons. The monoisotopic (exact) mass is 340 g/mol. The molecule has 3 aliphatic rings. The van der Waals surface area contributed by atoms with Crippen LogP contribution in [0.15, 0.2) is 18.2 Å². The number of hydrogen-bond acceptors (Lipinski definition) is 3. The Morgan fingerprint density at radius 3 is 2.78 bits per heavy atom. The molecule has 1 spiro atoms. The van der Waals surface area contributed by atoms with E-state index in [-0.39, 0.29) is 35.7 Å². The van der Waals surface area contributed by atoms with Crippen LogP contribution in [0.5, 0.6) is 0 Å². The fourth-order valence-corrected chi connectivity index (χ4v) is 4.17. The second-order valence-corrected chi connectivity index (χ2v) is 6.75. The lowest BCUT2D eigenvalue weighted by Crippen LogP contribution is -2.45. The Balaban J connectivity index is 0.00000156. The summed E-state index contributed by atoms with van der Waals surface area (Å²) in [4.78, 5) is 14.6. The van der Waals surface area contributed by atoms with E-state index in [4.69, 9.17) is 10.5 Å². The molecule has 2 fully saturated rings. The molecule has 23 heavy (non-hydrogen) atoms. The van der Waals surface area contributed by atoms with Gasteiger partial charge in [0.15, 0.2) is 0 Å². The van der Waals surface area contributed by atoms with Crippen LogP contribution in [0.2, 0.25) is 0 Å². The number of hydrogen-bond donors (Lipinski definition) is 1. The number of ether oxygens (including phenoxy) is 1. The number of rotatable bonds is 2. The molecule has 0 aromatic heterocycles. The molecule has 0 bridgehead atoms. The second-order valence-electron chi connectivity index (χ2n) is 6.75. The van der Waals surface area contributed by atoms with Crippen LogP contribution in [0.25, 0.3) is 0 Å². The van der Waals surface area contributed by atoms with Crippen molar-refractivity contribution in [2.75, 3.05) is 18.0 Å². The number of halogens is 2. The number of carbonyl (C=O) groups is 1. The van der Waals surface area contributed by atoms with Gasteiger partial charge in [-0.2, -0.15) is 0 Å². The van der Waals surface area contributed by atoms with Gasteiger partial charge in [0.25, 0.3) is 5.91 Å². The summed E-state index contributed by atoms with van der Waals surface area (Å²) in [5, 5.41) is 0. The summed E-state index contributed by atoms with van der Waals surface area (Å²) in [6.07, 6.45) is 4.09. The highest BCUT2D eigenvalue weighted by Gasteiger charge is 2.51. The van der Waals surface area contributed by atoms with E-state index in [2.05, 4.69) is 0 Å². The second kappa shape index (κ2) is 6.04. The molecule has 0 unspecified atom stereocenters. The molecular formula is C17H22ClFN2O2. The van der Waals surface area contributed by atoms with Crippen LogP contribution in [0, 0.1) is 5.82 Å². The Kier molecular flexibility index (Phi) is 4.38. The predicted octanol–water partition coefficient (Wildman–Crippen LogP) is 2.52. The van der Waals surface area contributed by atoms with Crippen LogP contribution in [0.1, 0.15) is 37.7 Å². The number of nitrogens with zero attached hydrogens (tertiary/aromatic N) is 1. The van der Waals surface area contributed by atoms with Gasteiger partial charge in [-0.1, -0.05) is 12.5 Å². The summed E-state index contributed by atoms with van der Waals surface area (Å²) >= 11 is 0. The average Bonchev–Trinajstić information content (AvgIpc) is 3.09. The Labute approximate surface area is 141 Å². The minimum Gasteiger partial charge on any atom is -0.364 e. The average molecular weight is 341 g/mol. The minimum atomic E-state index is -0.431. The molecule has 2 heterocycles. The Hall–Kier alpha value is -1.17. The van der Waals surface area contributed by atoms with Crippen molar-refractivity contribution < 1.29 is 13.9 Å². The van der Waals surface area contributed by atoms with Crippen molar-refractivity contribution in [3.05, 3.63) is 29.6 Å². The normalized spacial score (nSPS) is 27.5. The largest absolute Gasteiger partial charge is 0.364 e. The van der Waals surface area contributed by atoms with Crippen molar-refractivity contribution in [1.29, 1.82) is 0 Å². The summed E-state index contributed by atoms with van der Waals surface area (Å²) in [5.41, 5.74) is 6.93. The molecule has 0 radical (unpaired) electrons. The highest BCUT2D eigenvalue weighted by Crippen LogP contribution is 2.53. The Morgan fingerprint density at radius 2 is 2.17 bits per heavy atom. The lowest BCUT2D eigenvalue weighted by molar-refractivity contribution is -0.129. The summed E-state index contributed by atoms with van der Waals surface area (Å²) in [6.45, 7) is 1.04. The first-order valence-electron chi connectivity index (χ1n) is 8.10. The van der Waals surface area contributed by atoms with Crippen molar-refractivity contribution in [2.24, 2.45) is 5.73 Å². The van der Waals surface area contributed by atoms with E-state index in [1.807, 2.05) is 6.07 Å². The summed E-state index contributed by atoms with van der Waals surface area (Å²) in [5.74, 6) is -0.216. The molecule has 2 N–H and O–H groups in total. The van der Waals surface area contributed by atoms with E-state index in [9.17, 15) is 9.18 Å². The smallest absolute Gasteiger partial charge is 0.256 e. The van der Waals surface area contributed by atoms with Gasteiger partial charge in [-0.25, -0.2) is 4.39 Å². The van der Waals surface area contributed by atoms with Crippen LogP contribution < -0.4 is 10.6 Å². The molecule has 1 aromatic rings. The number of nitrogens with two attached hydrogens (primary N) is 1. The fraction of sp³-hybridized carbons (Fsp3) is 0.588. The molecule has 1 saturated carbocycles. The molecule has 2 aliphatic heterocycles. The maximum atomic E-state index is 14.4. The van der Waals surface area contributed by atoms with E-state index in [0.717, 1.165) is 36.9 Å². The molecular weight excluding hydrogens is 319 g/mol. The molecule has 1 amide bonds. The molecule has 6 heteroatoms. The fourth-order valence-electron chi connectivity index (χ4n) is 4.17. The van der Waals surface area contributed by atoms with Crippen LogP contribution in [0.4, 0.5) is 10.1 Å². The van der Waals surface area contributed by atoms with E-state index < -0.39 is 6.10 Å². The minimum absolute atomic E-state index is 0. The summed E-state index contributed by atoms with van der Waals surface area (Å²) < 4.78 is 20.1. The number of amides is 1. The van der Waals surface area contributed by atoms with Gasteiger partial charge in [0.05, 0.1) is 11.8 Å². The van der Waals surface area contributed by atoms with Gasteiger partial charge in [0.2, 0.25) is 0 Å². The number of fused-ring (bicyclic) bond motifs is 2. The first-order valence-corrected chi connectivity index (χ1v) is 8.10. The van der Waals surface area contributed by atoms with Gasteiger partial charge in [-0.05, 0) is 37.8 Å².